The van der Waals surface area contributed by atoms with Gasteiger partial charge in [0.15, 0.2) is 5.65 Å². The molecular formula is C25H27N5O3. The lowest BCUT2D eigenvalue weighted by molar-refractivity contribution is -0.128. The van der Waals surface area contributed by atoms with Gasteiger partial charge in [-0.25, -0.2) is 14.3 Å². The number of aromatic nitrogens is 3. The van der Waals surface area contributed by atoms with Crippen LogP contribution in [-0.4, -0.2) is 57.6 Å². The zero-order chi connectivity index (χ0) is 22.6. The van der Waals surface area contributed by atoms with Gasteiger partial charge in [0.05, 0.1) is 22.9 Å². The first-order valence-electron chi connectivity index (χ1n) is 11.7. The van der Waals surface area contributed by atoms with Gasteiger partial charge in [0.2, 0.25) is 5.91 Å². The summed E-state index contributed by atoms with van der Waals surface area (Å²) in [5.41, 5.74) is 5.64. The molecule has 0 saturated carbocycles. The fraction of sp³-hybridized carbons (Fsp3) is 0.440. The van der Waals surface area contributed by atoms with Gasteiger partial charge in [0.25, 0.3) is 0 Å². The molecule has 2 aromatic heterocycles. The molecule has 3 aromatic rings. The minimum absolute atomic E-state index is 0.211. The number of esters is 1. The van der Waals surface area contributed by atoms with Crippen LogP contribution < -0.4 is 4.90 Å². The second-order valence-corrected chi connectivity index (χ2v) is 9.48. The summed E-state index contributed by atoms with van der Waals surface area (Å²) in [6, 6.07) is 7.84. The van der Waals surface area contributed by atoms with Crippen molar-refractivity contribution in [2.75, 3.05) is 31.1 Å². The number of hydrogen-bond acceptors (Lipinski definition) is 6. The van der Waals surface area contributed by atoms with Crippen molar-refractivity contribution in [3.63, 3.8) is 0 Å². The van der Waals surface area contributed by atoms with Crippen LogP contribution in [0.5, 0.6) is 0 Å². The Morgan fingerprint density at radius 2 is 1.88 bits per heavy atom. The van der Waals surface area contributed by atoms with Crippen LogP contribution >= 0.6 is 0 Å². The molecule has 0 bridgehead atoms. The second-order valence-electron chi connectivity index (χ2n) is 9.48. The van der Waals surface area contributed by atoms with Crippen molar-refractivity contribution in [1.29, 1.82) is 0 Å². The van der Waals surface area contributed by atoms with Crippen molar-refractivity contribution in [3.05, 3.63) is 59.0 Å². The Kier molecular flexibility index (Phi) is 4.72. The van der Waals surface area contributed by atoms with Gasteiger partial charge in [0, 0.05) is 18.7 Å². The largest absolute Gasteiger partial charge is 0.457 e. The van der Waals surface area contributed by atoms with Crippen LogP contribution in [0.2, 0.25) is 0 Å². The van der Waals surface area contributed by atoms with Crippen LogP contribution in [0.4, 0.5) is 5.69 Å². The molecule has 2 fully saturated rings. The summed E-state index contributed by atoms with van der Waals surface area (Å²) in [6.45, 7) is 6.08. The molecule has 0 unspecified atom stereocenters. The van der Waals surface area contributed by atoms with E-state index in [4.69, 9.17) is 4.74 Å². The lowest BCUT2D eigenvalue weighted by atomic mass is 9.77. The van der Waals surface area contributed by atoms with E-state index in [1.165, 1.54) is 17.5 Å². The summed E-state index contributed by atoms with van der Waals surface area (Å²) in [4.78, 5) is 33.8. The molecular weight excluding hydrogens is 418 g/mol. The summed E-state index contributed by atoms with van der Waals surface area (Å²) < 4.78 is 6.90. The molecule has 0 radical (unpaired) electrons. The van der Waals surface area contributed by atoms with Gasteiger partial charge < -0.3 is 14.5 Å². The van der Waals surface area contributed by atoms with E-state index < -0.39 is 0 Å². The SMILES string of the molecule is Cc1c(CCN2CCC3(CC2)CCN(c2ccc4ncnn4c2)C3=O)ccc2c1COC2=O. The first kappa shape index (κ1) is 20.4. The summed E-state index contributed by atoms with van der Waals surface area (Å²) in [5, 5.41) is 4.20. The molecule has 3 aliphatic rings. The quantitative estimate of drug-likeness (QED) is 0.575. The Labute approximate surface area is 192 Å². The van der Waals surface area contributed by atoms with Gasteiger partial charge in [-0.05, 0) is 75.0 Å². The molecule has 1 aromatic carbocycles. The van der Waals surface area contributed by atoms with Gasteiger partial charge >= 0.3 is 5.97 Å². The highest BCUT2D eigenvalue weighted by Gasteiger charge is 2.48. The van der Waals surface area contributed by atoms with E-state index in [-0.39, 0.29) is 17.3 Å². The highest BCUT2D eigenvalue weighted by Crippen LogP contribution is 2.43. The highest BCUT2D eigenvalue weighted by atomic mass is 16.5. The number of likely N-dealkylation sites (tertiary alicyclic amines) is 1. The van der Waals surface area contributed by atoms with E-state index in [0.717, 1.165) is 68.8 Å². The monoisotopic (exact) mass is 445 g/mol. The maximum Gasteiger partial charge on any atom is 0.338 e. The number of cyclic esters (lactones) is 1. The second kappa shape index (κ2) is 7.66. The Morgan fingerprint density at radius 3 is 2.73 bits per heavy atom. The van der Waals surface area contributed by atoms with E-state index in [0.29, 0.717) is 12.2 Å². The van der Waals surface area contributed by atoms with Crippen LogP contribution in [0.1, 0.15) is 46.3 Å². The Balaban J connectivity index is 1.09. The number of rotatable bonds is 4. The first-order chi connectivity index (χ1) is 16.0. The zero-order valence-corrected chi connectivity index (χ0v) is 18.8. The average molecular weight is 446 g/mol. The molecule has 0 atom stereocenters. The normalized spacial score (nSPS) is 20.1. The molecule has 170 valence electrons. The standard InChI is InChI=1S/C25H27N5O3/c1-17-18(2-4-20-21(17)15-33-23(20)31)6-10-28-11-7-25(8-12-28)9-13-29(24(25)32)19-3-5-22-26-16-27-30(22)14-19/h2-5,14,16H,6-13,15H2,1H3. The minimum atomic E-state index is -0.241. The third kappa shape index (κ3) is 3.31. The number of pyridine rings is 1. The molecule has 0 N–H and O–H groups in total. The maximum absolute atomic E-state index is 13.4. The molecule has 0 aliphatic carbocycles. The average Bonchev–Trinajstić information content (AvgIpc) is 3.53. The third-order valence-corrected chi connectivity index (χ3v) is 7.87. The highest BCUT2D eigenvalue weighted by molar-refractivity contribution is 6.00. The Hall–Kier alpha value is -3.26. The topological polar surface area (TPSA) is 80.0 Å². The van der Waals surface area contributed by atoms with E-state index in [1.54, 1.807) is 4.52 Å². The summed E-state index contributed by atoms with van der Waals surface area (Å²) in [6.07, 6.45) is 7.08. The summed E-state index contributed by atoms with van der Waals surface area (Å²) in [5.74, 6) is 0.0400. The molecule has 8 nitrogen and oxygen atoms in total. The third-order valence-electron chi connectivity index (χ3n) is 7.87. The van der Waals surface area contributed by atoms with Crippen LogP contribution in [0.3, 0.4) is 0 Å². The van der Waals surface area contributed by atoms with Gasteiger partial charge in [-0.2, -0.15) is 5.10 Å². The van der Waals surface area contributed by atoms with Crippen LogP contribution in [-0.2, 0) is 22.6 Å². The number of ether oxygens (including phenoxy) is 1. The van der Waals surface area contributed by atoms with Crippen molar-refractivity contribution in [2.45, 2.75) is 39.2 Å². The molecule has 5 heterocycles. The number of hydrogen-bond donors (Lipinski definition) is 0. The number of nitrogens with zero attached hydrogens (tertiary/aromatic N) is 5. The minimum Gasteiger partial charge on any atom is -0.457 e. The predicted octanol–water partition coefficient (Wildman–Crippen LogP) is 2.77. The fourth-order valence-electron chi connectivity index (χ4n) is 5.65. The smallest absolute Gasteiger partial charge is 0.338 e. The van der Waals surface area contributed by atoms with Crippen molar-refractivity contribution in [2.24, 2.45) is 5.41 Å². The lowest BCUT2D eigenvalue weighted by Gasteiger charge is -2.38. The number of benzene rings is 1. The molecule has 8 heteroatoms. The summed E-state index contributed by atoms with van der Waals surface area (Å²) in [7, 11) is 0. The van der Waals surface area contributed by atoms with Crippen molar-refractivity contribution >= 4 is 23.2 Å². The molecule has 6 rings (SSSR count). The number of fused-ring (bicyclic) bond motifs is 2. The fourth-order valence-corrected chi connectivity index (χ4v) is 5.65. The Morgan fingerprint density at radius 1 is 1.06 bits per heavy atom. The first-order valence-corrected chi connectivity index (χ1v) is 11.7. The molecule has 1 spiro atoms. The number of carbonyl (C=O) groups excluding carboxylic acids is 2. The number of piperidine rings is 1. The summed E-state index contributed by atoms with van der Waals surface area (Å²) >= 11 is 0. The number of anilines is 1. The van der Waals surface area contributed by atoms with Gasteiger partial charge in [-0.1, -0.05) is 6.07 Å². The van der Waals surface area contributed by atoms with E-state index in [9.17, 15) is 9.59 Å². The lowest BCUT2D eigenvalue weighted by Crippen LogP contribution is -2.45. The molecule has 1 amide bonds. The molecule has 33 heavy (non-hydrogen) atoms. The van der Waals surface area contributed by atoms with Crippen LogP contribution in [0, 0.1) is 12.3 Å². The molecule has 3 aliphatic heterocycles. The van der Waals surface area contributed by atoms with Gasteiger partial charge in [0.1, 0.15) is 12.9 Å². The van der Waals surface area contributed by atoms with Crippen molar-refractivity contribution in [3.8, 4) is 0 Å². The maximum atomic E-state index is 13.4. The molecule has 2 saturated heterocycles. The van der Waals surface area contributed by atoms with Gasteiger partial charge in [-0.3, -0.25) is 4.79 Å². The van der Waals surface area contributed by atoms with E-state index >= 15 is 0 Å². The number of carbonyl (C=O) groups is 2. The van der Waals surface area contributed by atoms with Crippen molar-refractivity contribution in [1.82, 2.24) is 19.5 Å². The Bertz CT molecular complexity index is 1260. The van der Waals surface area contributed by atoms with Gasteiger partial charge in [-0.15, -0.1) is 0 Å². The van der Waals surface area contributed by atoms with E-state index in [2.05, 4.69) is 28.0 Å². The van der Waals surface area contributed by atoms with Crippen LogP contribution in [0.15, 0.2) is 36.8 Å². The van der Waals surface area contributed by atoms with Crippen molar-refractivity contribution < 1.29 is 14.3 Å². The zero-order valence-electron chi connectivity index (χ0n) is 18.8. The van der Waals surface area contributed by atoms with Crippen LogP contribution in [0.25, 0.3) is 5.65 Å². The predicted molar refractivity (Wildman–Crippen MR) is 122 cm³/mol. The van der Waals surface area contributed by atoms with E-state index in [1.807, 2.05) is 29.3 Å². The number of amides is 1.